The van der Waals surface area contributed by atoms with Crippen LogP contribution in [0.3, 0.4) is 0 Å². The second-order valence-electron chi connectivity index (χ2n) is 5.53. The Balaban J connectivity index is 2.62. The van der Waals surface area contributed by atoms with Crippen molar-refractivity contribution in [2.45, 2.75) is 57.8 Å². The SMILES string of the molecule is Cc1cc(C)nc(SCCC(C)(NC(C)C)C(N)=O)n1. The summed E-state index contributed by atoms with van der Waals surface area (Å²) in [6.07, 6.45) is 0.640. The highest BCUT2D eigenvalue weighted by molar-refractivity contribution is 7.99. The Hall–Kier alpha value is -1.14. The number of nitrogens with zero attached hydrogens (tertiary/aromatic N) is 2. The van der Waals surface area contributed by atoms with Crippen LogP contribution in [0.25, 0.3) is 0 Å². The van der Waals surface area contributed by atoms with Gasteiger partial charge in [-0.2, -0.15) is 0 Å². The maximum atomic E-state index is 11.6. The molecule has 1 atom stereocenters. The molecule has 5 nitrogen and oxygen atoms in total. The molecule has 0 saturated carbocycles. The van der Waals surface area contributed by atoms with Crippen LogP contribution < -0.4 is 11.1 Å². The summed E-state index contributed by atoms with van der Waals surface area (Å²) in [6, 6.07) is 2.15. The van der Waals surface area contributed by atoms with Crippen LogP contribution in [0.1, 0.15) is 38.6 Å². The molecule has 3 N–H and O–H groups in total. The minimum Gasteiger partial charge on any atom is -0.368 e. The van der Waals surface area contributed by atoms with Gasteiger partial charge in [0.05, 0.1) is 5.54 Å². The molecule has 0 aliphatic carbocycles. The maximum Gasteiger partial charge on any atom is 0.237 e. The number of amides is 1. The van der Waals surface area contributed by atoms with E-state index in [1.165, 1.54) is 0 Å². The van der Waals surface area contributed by atoms with E-state index in [4.69, 9.17) is 5.73 Å². The second-order valence-corrected chi connectivity index (χ2v) is 6.59. The number of aryl methyl sites for hydroxylation is 2. The lowest BCUT2D eigenvalue weighted by atomic mass is 9.97. The van der Waals surface area contributed by atoms with Crippen molar-refractivity contribution in [3.8, 4) is 0 Å². The molecule has 0 aliphatic heterocycles. The lowest BCUT2D eigenvalue weighted by Crippen LogP contribution is -2.55. The highest BCUT2D eigenvalue weighted by atomic mass is 32.2. The molecule has 20 heavy (non-hydrogen) atoms. The number of nitrogens with two attached hydrogens (primary N) is 1. The number of carbonyl (C=O) groups excluding carboxylic acids is 1. The zero-order valence-corrected chi connectivity index (χ0v) is 13.7. The fourth-order valence-electron chi connectivity index (χ4n) is 2.01. The van der Waals surface area contributed by atoms with Crippen LogP contribution in [0.2, 0.25) is 0 Å². The fraction of sp³-hybridized carbons (Fsp3) is 0.643. The predicted octanol–water partition coefficient (Wildman–Crippen LogP) is 1.82. The van der Waals surface area contributed by atoms with Gasteiger partial charge in [-0.1, -0.05) is 11.8 Å². The first-order valence-corrected chi connectivity index (χ1v) is 7.74. The van der Waals surface area contributed by atoms with E-state index in [1.54, 1.807) is 11.8 Å². The summed E-state index contributed by atoms with van der Waals surface area (Å²) in [7, 11) is 0. The third-order valence-corrected chi connectivity index (χ3v) is 3.80. The molecule has 1 unspecified atom stereocenters. The van der Waals surface area contributed by atoms with Crippen molar-refractivity contribution in [2.75, 3.05) is 5.75 Å². The summed E-state index contributed by atoms with van der Waals surface area (Å²) in [4.78, 5) is 20.4. The van der Waals surface area contributed by atoms with Crippen LogP contribution in [0.5, 0.6) is 0 Å². The smallest absolute Gasteiger partial charge is 0.237 e. The average molecular weight is 296 g/mol. The van der Waals surface area contributed by atoms with Crippen molar-refractivity contribution in [1.82, 2.24) is 15.3 Å². The van der Waals surface area contributed by atoms with E-state index in [2.05, 4.69) is 15.3 Å². The molecule has 1 aromatic heterocycles. The molecule has 0 aromatic carbocycles. The first-order chi connectivity index (χ1) is 9.23. The Morgan fingerprint density at radius 2 is 1.95 bits per heavy atom. The van der Waals surface area contributed by atoms with Gasteiger partial charge >= 0.3 is 0 Å². The Bertz CT molecular complexity index is 458. The van der Waals surface area contributed by atoms with Crippen LogP contribution in [0, 0.1) is 13.8 Å². The van der Waals surface area contributed by atoms with Gasteiger partial charge in [-0.05, 0) is 47.1 Å². The van der Waals surface area contributed by atoms with E-state index >= 15 is 0 Å². The van der Waals surface area contributed by atoms with Crippen molar-refractivity contribution in [3.63, 3.8) is 0 Å². The number of hydrogen-bond acceptors (Lipinski definition) is 5. The number of nitrogens with one attached hydrogen (secondary N) is 1. The number of primary amides is 1. The van der Waals surface area contributed by atoms with E-state index in [-0.39, 0.29) is 11.9 Å². The lowest BCUT2D eigenvalue weighted by molar-refractivity contribution is -0.124. The Kier molecular flexibility index (Phi) is 5.95. The van der Waals surface area contributed by atoms with Crippen LogP contribution in [0.4, 0.5) is 0 Å². The molecule has 6 heteroatoms. The number of thioether (sulfide) groups is 1. The maximum absolute atomic E-state index is 11.6. The van der Waals surface area contributed by atoms with E-state index < -0.39 is 5.54 Å². The number of rotatable bonds is 7. The second kappa shape index (κ2) is 7.04. The van der Waals surface area contributed by atoms with Gasteiger partial charge in [0.2, 0.25) is 5.91 Å². The first kappa shape index (κ1) is 16.9. The highest BCUT2D eigenvalue weighted by Crippen LogP contribution is 2.20. The van der Waals surface area contributed by atoms with E-state index in [1.807, 2.05) is 40.7 Å². The molecule has 0 fully saturated rings. The fourth-order valence-corrected chi connectivity index (χ4v) is 3.12. The number of hydrogen-bond donors (Lipinski definition) is 2. The number of aromatic nitrogens is 2. The molecule has 1 aromatic rings. The molecule has 0 radical (unpaired) electrons. The van der Waals surface area contributed by atoms with Crippen molar-refractivity contribution in [1.29, 1.82) is 0 Å². The molecule has 0 bridgehead atoms. The van der Waals surface area contributed by atoms with Gasteiger partial charge in [-0.25, -0.2) is 9.97 Å². The molecule has 1 amide bonds. The number of carbonyl (C=O) groups is 1. The standard InChI is InChI=1S/C14H24N4OS/c1-9(2)18-14(5,12(15)19)6-7-20-13-16-10(3)8-11(4)17-13/h8-9,18H,6-7H2,1-5H3,(H2,15,19). The van der Waals surface area contributed by atoms with Crippen LogP contribution in [-0.2, 0) is 4.79 Å². The Labute approximate surface area is 125 Å². The monoisotopic (exact) mass is 296 g/mol. The van der Waals surface area contributed by atoms with Gasteiger partial charge in [0, 0.05) is 23.2 Å². The largest absolute Gasteiger partial charge is 0.368 e. The molecular weight excluding hydrogens is 272 g/mol. The zero-order chi connectivity index (χ0) is 15.3. The van der Waals surface area contributed by atoms with E-state index in [9.17, 15) is 4.79 Å². The minimum atomic E-state index is -0.694. The molecular formula is C14H24N4OS. The third kappa shape index (κ3) is 5.09. The molecule has 112 valence electrons. The summed E-state index contributed by atoms with van der Waals surface area (Å²) >= 11 is 1.55. The van der Waals surface area contributed by atoms with Gasteiger partial charge in [0.15, 0.2) is 5.16 Å². The average Bonchev–Trinajstić information content (AvgIpc) is 2.26. The van der Waals surface area contributed by atoms with Crippen molar-refractivity contribution in [2.24, 2.45) is 5.73 Å². The predicted molar refractivity (Wildman–Crippen MR) is 82.7 cm³/mol. The molecule has 1 heterocycles. The Morgan fingerprint density at radius 1 is 1.40 bits per heavy atom. The summed E-state index contributed by atoms with van der Waals surface area (Å²) in [5.41, 5.74) is 6.72. The van der Waals surface area contributed by atoms with Gasteiger partial charge in [0.25, 0.3) is 0 Å². The molecule has 1 rings (SSSR count). The lowest BCUT2D eigenvalue weighted by Gasteiger charge is -2.29. The van der Waals surface area contributed by atoms with Crippen LogP contribution in [0.15, 0.2) is 11.2 Å². The van der Waals surface area contributed by atoms with Gasteiger partial charge in [0.1, 0.15) is 0 Å². The molecule has 0 aliphatic rings. The van der Waals surface area contributed by atoms with E-state index in [0.29, 0.717) is 6.42 Å². The minimum absolute atomic E-state index is 0.204. The van der Waals surface area contributed by atoms with Gasteiger partial charge < -0.3 is 11.1 Å². The summed E-state index contributed by atoms with van der Waals surface area (Å²) in [5, 5.41) is 3.98. The Morgan fingerprint density at radius 3 is 2.40 bits per heavy atom. The van der Waals surface area contributed by atoms with Crippen molar-refractivity contribution in [3.05, 3.63) is 17.5 Å². The summed E-state index contributed by atoms with van der Waals surface area (Å²) in [6.45, 7) is 9.75. The third-order valence-electron chi connectivity index (χ3n) is 2.95. The van der Waals surface area contributed by atoms with Crippen LogP contribution >= 0.6 is 11.8 Å². The molecule has 0 spiro atoms. The van der Waals surface area contributed by atoms with Crippen LogP contribution in [-0.4, -0.2) is 33.2 Å². The van der Waals surface area contributed by atoms with Gasteiger partial charge in [-0.15, -0.1) is 0 Å². The van der Waals surface area contributed by atoms with E-state index in [0.717, 1.165) is 22.3 Å². The van der Waals surface area contributed by atoms with Crippen molar-refractivity contribution >= 4 is 17.7 Å². The van der Waals surface area contributed by atoms with Crippen molar-refractivity contribution < 1.29 is 4.79 Å². The first-order valence-electron chi connectivity index (χ1n) is 6.75. The topological polar surface area (TPSA) is 80.9 Å². The quantitative estimate of drug-likeness (QED) is 0.592. The summed E-state index contributed by atoms with van der Waals surface area (Å²) in [5.74, 6) is 0.412. The normalized spacial score (nSPS) is 14.3. The molecule has 0 saturated heterocycles. The summed E-state index contributed by atoms with van der Waals surface area (Å²) < 4.78 is 0. The highest BCUT2D eigenvalue weighted by Gasteiger charge is 2.30. The van der Waals surface area contributed by atoms with Gasteiger partial charge in [-0.3, -0.25) is 4.79 Å². The zero-order valence-electron chi connectivity index (χ0n) is 12.9.